The molecule has 2 aromatic rings. The third-order valence-electron chi connectivity index (χ3n) is 1.88. The predicted molar refractivity (Wildman–Crippen MR) is 66.0 cm³/mol. The molecule has 18 heavy (non-hydrogen) atoms. The minimum absolute atomic E-state index is 0.139. The number of nitrogens with zero attached hydrogens (tertiary/aromatic N) is 3. The van der Waals surface area contributed by atoms with E-state index in [4.69, 9.17) is 11.6 Å². The van der Waals surface area contributed by atoms with Crippen molar-refractivity contribution >= 4 is 39.0 Å². The van der Waals surface area contributed by atoms with Gasteiger partial charge in [0.1, 0.15) is 11.3 Å². The topological polar surface area (TPSA) is 98.0 Å². The van der Waals surface area contributed by atoms with Gasteiger partial charge in [0.25, 0.3) is 5.91 Å². The number of nitrogens with one attached hydrogen (secondary N) is 1. The Kier molecular flexibility index (Phi) is 3.49. The summed E-state index contributed by atoms with van der Waals surface area (Å²) in [6, 6.07) is 2.97. The van der Waals surface area contributed by atoms with E-state index < -0.39 is 10.8 Å². The standard InChI is InChI=1S/C9H5ClN4O3S/c10-6-2-1-5(3-11-6)8(15)13-9-12-4-7(18-9)14(16)17/h1-4H,(H,12,13,15). The third-order valence-corrected chi connectivity index (χ3v) is 2.97. The summed E-state index contributed by atoms with van der Waals surface area (Å²) in [5.41, 5.74) is 0.289. The second kappa shape index (κ2) is 5.07. The third kappa shape index (κ3) is 2.79. The van der Waals surface area contributed by atoms with Crippen molar-refractivity contribution in [2.24, 2.45) is 0 Å². The van der Waals surface area contributed by atoms with Crippen molar-refractivity contribution in [2.45, 2.75) is 0 Å². The summed E-state index contributed by atoms with van der Waals surface area (Å²) in [7, 11) is 0. The van der Waals surface area contributed by atoms with Gasteiger partial charge in [-0.2, -0.15) is 0 Å². The summed E-state index contributed by atoms with van der Waals surface area (Å²) >= 11 is 6.37. The van der Waals surface area contributed by atoms with Gasteiger partial charge in [-0.05, 0) is 23.5 Å². The minimum atomic E-state index is -0.572. The molecule has 2 aromatic heterocycles. The fraction of sp³-hybridized carbons (Fsp3) is 0. The number of carbonyl (C=O) groups excluding carboxylic acids is 1. The van der Waals surface area contributed by atoms with Gasteiger partial charge in [0.05, 0.1) is 10.5 Å². The lowest BCUT2D eigenvalue weighted by Gasteiger charge is -2.00. The zero-order valence-corrected chi connectivity index (χ0v) is 10.2. The van der Waals surface area contributed by atoms with Crippen LogP contribution >= 0.6 is 22.9 Å². The van der Waals surface area contributed by atoms with Crippen molar-refractivity contribution in [3.63, 3.8) is 0 Å². The Bertz CT molecular complexity index is 598. The summed E-state index contributed by atoms with van der Waals surface area (Å²) in [6.07, 6.45) is 2.39. The molecule has 0 saturated heterocycles. The number of hydrogen-bond acceptors (Lipinski definition) is 6. The average molecular weight is 285 g/mol. The van der Waals surface area contributed by atoms with Crippen LogP contribution in [-0.4, -0.2) is 20.8 Å². The van der Waals surface area contributed by atoms with Crippen molar-refractivity contribution in [1.29, 1.82) is 0 Å². The maximum absolute atomic E-state index is 11.7. The van der Waals surface area contributed by atoms with Crippen molar-refractivity contribution in [3.05, 3.63) is 45.4 Å². The number of amides is 1. The summed E-state index contributed by atoms with van der Waals surface area (Å²) in [6.45, 7) is 0. The summed E-state index contributed by atoms with van der Waals surface area (Å²) in [5, 5.41) is 13.2. The molecular formula is C9H5ClN4O3S. The Morgan fingerprint density at radius 1 is 1.39 bits per heavy atom. The van der Waals surface area contributed by atoms with Gasteiger partial charge in [-0.25, -0.2) is 9.97 Å². The molecule has 2 rings (SSSR count). The second-order valence-corrected chi connectivity index (χ2v) is 4.48. The van der Waals surface area contributed by atoms with Crippen LogP contribution in [0.5, 0.6) is 0 Å². The molecule has 0 unspecified atom stereocenters. The first kappa shape index (κ1) is 12.4. The number of thiazole rings is 1. The normalized spacial score (nSPS) is 10.1. The summed E-state index contributed by atoms with van der Waals surface area (Å²) in [5.74, 6) is -0.455. The molecule has 9 heteroatoms. The van der Waals surface area contributed by atoms with Crippen LogP contribution < -0.4 is 5.32 Å². The fourth-order valence-electron chi connectivity index (χ4n) is 1.09. The SMILES string of the molecule is O=C(Nc1ncc([N+](=O)[O-])s1)c1ccc(Cl)nc1. The van der Waals surface area contributed by atoms with Crippen LogP contribution in [0.2, 0.25) is 5.15 Å². The van der Waals surface area contributed by atoms with Gasteiger partial charge < -0.3 is 0 Å². The molecule has 7 nitrogen and oxygen atoms in total. The Morgan fingerprint density at radius 3 is 2.72 bits per heavy atom. The molecule has 2 heterocycles. The van der Waals surface area contributed by atoms with Crippen molar-refractivity contribution in [3.8, 4) is 0 Å². The molecule has 0 aliphatic heterocycles. The van der Waals surface area contributed by atoms with Crippen LogP contribution in [0.3, 0.4) is 0 Å². The highest BCUT2D eigenvalue weighted by molar-refractivity contribution is 7.18. The highest BCUT2D eigenvalue weighted by atomic mass is 35.5. The lowest BCUT2D eigenvalue weighted by molar-refractivity contribution is -0.380. The summed E-state index contributed by atoms with van der Waals surface area (Å²) in [4.78, 5) is 29.1. The van der Waals surface area contributed by atoms with Gasteiger partial charge >= 0.3 is 5.00 Å². The molecule has 0 aliphatic carbocycles. The van der Waals surface area contributed by atoms with Crippen molar-refractivity contribution in [2.75, 3.05) is 5.32 Å². The van der Waals surface area contributed by atoms with E-state index in [1.54, 1.807) is 0 Å². The Labute approximate surface area is 110 Å². The molecule has 0 radical (unpaired) electrons. The molecule has 0 aromatic carbocycles. The van der Waals surface area contributed by atoms with E-state index in [2.05, 4.69) is 15.3 Å². The largest absolute Gasteiger partial charge is 0.345 e. The Balaban J connectivity index is 2.11. The van der Waals surface area contributed by atoms with E-state index >= 15 is 0 Å². The Hall–Kier alpha value is -2.06. The highest BCUT2D eigenvalue weighted by Gasteiger charge is 2.14. The van der Waals surface area contributed by atoms with Gasteiger partial charge in [0, 0.05) is 6.20 Å². The zero-order valence-electron chi connectivity index (χ0n) is 8.66. The fourth-order valence-corrected chi connectivity index (χ4v) is 1.83. The first-order valence-electron chi connectivity index (χ1n) is 4.59. The van der Waals surface area contributed by atoms with E-state index in [1.165, 1.54) is 18.3 Å². The predicted octanol–water partition coefficient (Wildman–Crippen LogP) is 2.35. The minimum Gasteiger partial charge on any atom is -0.298 e. The van der Waals surface area contributed by atoms with Crippen LogP contribution in [0.15, 0.2) is 24.5 Å². The zero-order chi connectivity index (χ0) is 13.1. The molecule has 0 aliphatic rings. The van der Waals surface area contributed by atoms with Gasteiger partial charge in [-0.3, -0.25) is 20.2 Å². The second-order valence-electron chi connectivity index (χ2n) is 3.08. The number of rotatable bonds is 3. The van der Waals surface area contributed by atoms with Crippen LogP contribution in [0.1, 0.15) is 10.4 Å². The van der Waals surface area contributed by atoms with E-state index in [-0.39, 0.29) is 20.8 Å². The first-order valence-corrected chi connectivity index (χ1v) is 5.79. The van der Waals surface area contributed by atoms with Crippen LogP contribution in [0.25, 0.3) is 0 Å². The number of nitro groups is 1. The van der Waals surface area contributed by atoms with Gasteiger partial charge in [-0.1, -0.05) is 11.6 Å². The highest BCUT2D eigenvalue weighted by Crippen LogP contribution is 2.25. The van der Waals surface area contributed by atoms with Crippen LogP contribution in [0.4, 0.5) is 10.1 Å². The molecule has 0 fully saturated rings. The number of carbonyl (C=O) groups is 1. The van der Waals surface area contributed by atoms with Crippen LogP contribution in [-0.2, 0) is 0 Å². The number of halogens is 1. The lowest BCUT2D eigenvalue weighted by Crippen LogP contribution is -2.11. The Morgan fingerprint density at radius 2 is 2.17 bits per heavy atom. The molecule has 0 bridgehead atoms. The van der Waals surface area contributed by atoms with Crippen molar-refractivity contribution < 1.29 is 9.72 Å². The van der Waals surface area contributed by atoms with Crippen molar-refractivity contribution in [1.82, 2.24) is 9.97 Å². The van der Waals surface area contributed by atoms with E-state index in [0.717, 1.165) is 17.5 Å². The monoisotopic (exact) mass is 284 g/mol. The maximum atomic E-state index is 11.7. The van der Waals surface area contributed by atoms with Gasteiger partial charge in [0.15, 0.2) is 5.13 Å². The lowest BCUT2D eigenvalue weighted by atomic mass is 10.3. The van der Waals surface area contributed by atoms with Gasteiger partial charge in [0.2, 0.25) is 0 Å². The first-order chi connectivity index (χ1) is 8.56. The molecule has 1 N–H and O–H groups in total. The molecule has 0 spiro atoms. The van der Waals surface area contributed by atoms with Crippen LogP contribution in [0, 0.1) is 10.1 Å². The molecule has 0 saturated carbocycles. The number of pyridine rings is 1. The smallest absolute Gasteiger partial charge is 0.298 e. The summed E-state index contributed by atoms with van der Waals surface area (Å²) < 4.78 is 0. The van der Waals surface area contributed by atoms with E-state index in [1.807, 2.05) is 0 Å². The number of hydrogen-bond donors (Lipinski definition) is 1. The number of anilines is 1. The molecular weight excluding hydrogens is 280 g/mol. The quantitative estimate of drug-likeness (QED) is 0.530. The molecule has 92 valence electrons. The van der Waals surface area contributed by atoms with E-state index in [0.29, 0.717) is 0 Å². The maximum Gasteiger partial charge on any atom is 0.345 e. The van der Waals surface area contributed by atoms with Gasteiger partial charge in [-0.15, -0.1) is 0 Å². The number of aromatic nitrogens is 2. The molecule has 0 atom stereocenters. The molecule has 1 amide bonds. The average Bonchev–Trinajstić information content (AvgIpc) is 2.78. The van der Waals surface area contributed by atoms with E-state index in [9.17, 15) is 14.9 Å².